The van der Waals surface area contributed by atoms with E-state index in [4.69, 9.17) is 4.74 Å². The van der Waals surface area contributed by atoms with Gasteiger partial charge in [0.1, 0.15) is 5.60 Å². The largest absolute Gasteiger partial charge is 0.441 e. The minimum absolute atomic E-state index is 0.288. The Balaban J connectivity index is 2.69. The SMILES string of the molecule is C=CN1CC(C)(CC)OC1=O. The molecule has 62 valence electrons. The number of hydrogen-bond donors (Lipinski definition) is 0. The summed E-state index contributed by atoms with van der Waals surface area (Å²) in [5.41, 5.74) is -0.314. The summed E-state index contributed by atoms with van der Waals surface area (Å²) in [6.07, 6.45) is 2.05. The zero-order valence-corrected chi connectivity index (χ0v) is 6.96. The molecule has 0 spiro atoms. The third kappa shape index (κ3) is 1.37. The van der Waals surface area contributed by atoms with Crippen LogP contribution in [0.1, 0.15) is 20.3 Å². The lowest BCUT2D eigenvalue weighted by Crippen LogP contribution is -2.28. The summed E-state index contributed by atoms with van der Waals surface area (Å²) in [4.78, 5) is 12.5. The van der Waals surface area contributed by atoms with Gasteiger partial charge >= 0.3 is 6.09 Å². The van der Waals surface area contributed by atoms with Crippen molar-refractivity contribution >= 4 is 6.09 Å². The molecule has 0 aliphatic carbocycles. The lowest BCUT2D eigenvalue weighted by atomic mass is 10.0. The molecule has 1 rings (SSSR count). The molecule has 1 unspecified atom stereocenters. The Labute approximate surface area is 66.6 Å². The highest BCUT2D eigenvalue weighted by Crippen LogP contribution is 2.25. The topological polar surface area (TPSA) is 29.5 Å². The molecule has 0 aromatic heterocycles. The number of nitrogens with zero attached hydrogens (tertiary/aromatic N) is 1. The van der Waals surface area contributed by atoms with Gasteiger partial charge in [0, 0.05) is 6.20 Å². The van der Waals surface area contributed by atoms with Crippen molar-refractivity contribution in [1.82, 2.24) is 4.90 Å². The van der Waals surface area contributed by atoms with E-state index in [9.17, 15) is 4.79 Å². The highest BCUT2D eigenvalue weighted by Gasteiger charge is 2.38. The molecule has 3 nitrogen and oxygen atoms in total. The lowest BCUT2D eigenvalue weighted by Gasteiger charge is -2.17. The molecular weight excluding hydrogens is 142 g/mol. The smallest absolute Gasteiger partial charge is 0.414 e. The number of carbonyl (C=O) groups excluding carboxylic acids is 1. The summed E-state index contributed by atoms with van der Waals surface area (Å²) in [6, 6.07) is 0. The highest BCUT2D eigenvalue weighted by molar-refractivity contribution is 5.71. The van der Waals surface area contributed by atoms with Crippen LogP contribution in [-0.4, -0.2) is 23.1 Å². The summed E-state index contributed by atoms with van der Waals surface area (Å²) in [5, 5.41) is 0. The van der Waals surface area contributed by atoms with Crippen LogP contribution in [0, 0.1) is 0 Å². The second-order valence-electron chi connectivity index (χ2n) is 2.98. The zero-order chi connectivity index (χ0) is 8.48. The molecular formula is C8H13NO2. The van der Waals surface area contributed by atoms with Gasteiger partial charge in [0.25, 0.3) is 0 Å². The van der Waals surface area contributed by atoms with Crippen molar-refractivity contribution in [1.29, 1.82) is 0 Å². The van der Waals surface area contributed by atoms with Crippen LogP contribution in [0.3, 0.4) is 0 Å². The number of cyclic esters (lactones) is 1. The van der Waals surface area contributed by atoms with E-state index in [2.05, 4.69) is 6.58 Å². The number of carbonyl (C=O) groups is 1. The normalized spacial score (nSPS) is 30.4. The fraction of sp³-hybridized carbons (Fsp3) is 0.625. The van der Waals surface area contributed by atoms with Crippen molar-refractivity contribution in [3.63, 3.8) is 0 Å². The molecule has 0 aromatic rings. The van der Waals surface area contributed by atoms with Gasteiger partial charge in [0.05, 0.1) is 6.54 Å². The van der Waals surface area contributed by atoms with Gasteiger partial charge in [-0.3, -0.25) is 4.90 Å². The standard InChI is InChI=1S/C8H13NO2/c1-4-8(3)6-9(5-2)7(10)11-8/h5H,2,4,6H2,1,3H3. The van der Waals surface area contributed by atoms with Crippen molar-refractivity contribution < 1.29 is 9.53 Å². The Morgan fingerprint density at radius 1 is 1.91 bits per heavy atom. The zero-order valence-electron chi connectivity index (χ0n) is 6.96. The van der Waals surface area contributed by atoms with Gasteiger partial charge in [-0.15, -0.1) is 0 Å². The molecule has 1 heterocycles. The van der Waals surface area contributed by atoms with Gasteiger partial charge in [-0.2, -0.15) is 0 Å². The first-order chi connectivity index (χ1) is 5.11. The molecule has 1 amide bonds. The molecule has 1 aliphatic rings. The Hall–Kier alpha value is -0.990. The van der Waals surface area contributed by atoms with Crippen molar-refractivity contribution in [2.45, 2.75) is 25.9 Å². The quantitative estimate of drug-likeness (QED) is 0.608. The van der Waals surface area contributed by atoms with Gasteiger partial charge in [-0.25, -0.2) is 4.79 Å². The summed E-state index contributed by atoms with van der Waals surface area (Å²) in [7, 11) is 0. The molecule has 11 heavy (non-hydrogen) atoms. The third-order valence-corrected chi connectivity index (χ3v) is 2.04. The molecule has 0 aromatic carbocycles. The number of ether oxygens (including phenoxy) is 1. The first kappa shape index (κ1) is 8.11. The van der Waals surface area contributed by atoms with Crippen molar-refractivity contribution in [3.05, 3.63) is 12.8 Å². The Morgan fingerprint density at radius 2 is 2.55 bits per heavy atom. The molecule has 1 saturated heterocycles. The van der Waals surface area contributed by atoms with E-state index in [1.165, 1.54) is 11.1 Å². The van der Waals surface area contributed by atoms with E-state index >= 15 is 0 Å². The van der Waals surface area contributed by atoms with Gasteiger partial charge in [0.2, 0.25) is 0 Å². The minimum atomic E-state index is -0.314. The molecule has 0 radical (unpaired) electrons. The van der Waals surface area contributed by atoms with E-state index in [1.54, 1.807) is 0 Å². The predicted molar refractivity (Wildman–Crippen MR) is 42.1 cm³/mol. The van der Waals surface area contributed by atoms with Crippen LogP contribution in [0.15, 0.2) is 12.8 Å². The Morgan fingerprint density at radius 3 is 2.82 bits per heavy atom. The average molecular weight is 155 g/mol. The lowest BCUT2D eigenvalue weighted by molar-refractivity contribution is 0.0689. The maximum atomic E-state index is 11.0. The van der Waals surface area contributed by atoms with Crippen molar-refractivity contribution in [2.24, 2.45) is 0 Å². The van der Waals surface area contributed by atoms with Gasteiger partial charge in [0.15, 0.2) is 0 Å². The van der Waals surface area contributed by atoms with Crippen LogP contribution in [-0.2, 0) is 4.74 Å². The monoisotopic (exact) mass is 155 g/mol. The summed E-state index contributed by atoms with van der Waals surface area (Å²) in [5.74, 6) is 0. The molecule has 0 bridgehead atoms. The molecule has 0 saturated carbocycles. The fourth-order valence-corrected chi connectivity index (χ4v) is 1.05. The van der Waals surface area contributed by atoms with E-state index < -0.39 is 0 Å². The van der Waals surface area contributed by atoms with E-state index in [0.29, 0.717) is 6.54 Å². The highest BCUT2D eigenvalue weighted by atomic mass is 16.6. The van der Waals surface area contributed by atoms with Crippen molar-refractivity contribution in [2.75, 3.05) is 6.54 Å². The summed E-state index contributed by atoms with van der Waals surface area (Å²) in [6.45, 7) is 8.06. The average Bonchev–Trinajstić information content (AvgIpc) is 2.27. The molecule has 1 atom stereocenters. The van der Waals surface area contributed by atoms with E-state index in [-0.39, 0.29) is 11.7 Å². The van der Waals surface area contributed by atoms with E-state index in [1.807, 2.05) is 13.8 Å². The number of hydrogen-bond acceptors (Lipinski definition) is 2. The van der Waals surface area contributed by atoms with Crippen LogP contribution in [0.5, 0.6) is 0 Å². The van der Waals surface area contributed by atoms with Gasteiger partial charge < -0.3 is 4.74 Å². The number of rotatable bonds is 2. The maximum absolute atomic E-state index is 11.0. The minimum Gasteiger partial charge on any atom is -0.441 e. The third-order valence-electron chi connectivity index (χ3n) is 2.04. The first-order valence-corrected chi connectivity index (χ1v) is 3.73. The number of amides is 1. The second-order valence-corrected chi connectivity index (χ2v) is 2.98. The molecule has 1 aliphatic heterocycles. The van der Waals surface area contributed by atoms with Crippen LogP contribution >= 0.6 is 0 Å². The maximum Gasteiger partial charge on any atom is 0.414 e. The van der Waals surface area contributed by atoms with Gasteiger partial charge in [-0.05, 0) is 13.3 Å². The van der Waals surface area contributed by atoms with Crippen LogP contribution in [0.4, 0.5) is 4.79 Å². The molecule has 1 fully saturated rings. The van der Waals surface area contributed by atoms with Crippen molar-refractivity contribution in [3.8, 4) is 0 Å². The summed E-state index contributed by atoms with van der Waals surface area (Å²) < 4.78 is 5.12. The van der Waals surface area contributed by atoms with Crippen LogP contribution in [0.25, 0.3) is 0 Å². The second kappa shape index (κ2) is 2.57. The van der Waals surface area contributed by atoms with Crippen LogP contribution < -0.4 is 0 Å². The fourth-order valence-electron chi connectivity index (χ4n) is 1.05. The Kier molecular flexibility index (Phi) is 1.89. The summed E-state index contributed by atoms with van der Waals surface area (Å²) >= 11 is 0. The van der Waals surface area contributed by atoms with E-state index in [0.717, 1.165) is 6.42 Å². The molecule has 3 heteroatoms. The molecule has 0 N–H and O–H groups in total. The van der Waals surface area contributed by atoms with Gasteiger partial charge in [-0.1, -0.05) is 13.5 Å². The Bertz CT molecular complexity index is 191. The first-order valence-electron chi connectivity index (χ1n) is 3.73. The predicted octanol–water partition coefficient (Wildman–Crippen LogP) is 1.75. The van der Waals surface area contributed by atoms with Crippen LogP contribution in [0.2, 0.25) is 0 Å².